The van der Waals surface area contributed by atoms with E-state index in [2.05, 4.69) is 20.0 Å². The molecule has 1 atom stereocenters. The summed E-state index contributed by atoms with van der Waals surface area (Å²) in [5.41, 5.74) is 2.29. The first-order valence-electron chi connectivity index (χ1n) is 10.2. The first-order valence-corrected chi connectivity index (χ1v) is 13.5. The topological polar surface area (TPSA) is 138 Å². The summed E-state index contributed by atoms with van der Waals surface area (Å²) < 4.78 is 53.5. The Bertz CT molecular complexity index is 1390. The maximum atomic E-state index is 12.9. The van der Waals surface area contributed by atoms with Crippen LogP contribution in [0.5, 0.6) is 0 Å². The van der Waals surface area contributed by atoms with Gasteiger partial charge in [-0.15, -0.1) is 0 Å². The zero-order valence-electron chi connectivity index (χ0n) is 19.1. The van der Waals surface area contributed by atoms with Crippen molar-refractivity contribution in [3.8, 4) is 0 Å². The molecule has 0 bridgehead atoms. The highest BCUT2D eigenvalue weighted by atomic mass is 32.2. The molecule has 0 aliphatic heterocycles. The number of rotatable bonds is 8. The molecule has 10 nitrogen and oxygen atoms in total. The first kappa shape index (κ1) is 25.1. The summed E-state index contributed by atoms with van der Waals surface area (Å²) in [4.78, 5) is 20.5. The molecule has 0 aliphatic carbocycles. The molecule has 0 saturated carbocycles. The Balaban J connectivity index is 1.79. The predicted octanol–water partition coefficient (Wildman–Crippen LogP) is 2.69. The fourth-order valence-electron chi connectivity index (χ4n) is 3.23. The lowest BCUT2D eigenvalue weighted by Gasteiger charge is -2.29. The number of anilines is 3. The second kappa shape index (κ2) is 9.77. The zero-order valence-corrected chi connectivity index (χ0v) is 20.7. The predicted molar refractivity (Wildman–Crippen MR) is 131 cm³/mol. The number of hydrogen-bond acceptors (Lipinski definition) is 7. The van der Waals surface area contributed by atoms with Gasteiger partial charge in [0.15, 0.2) is 0 Å². The van der Waals surface area contributed by atoms with Crippen LogP contribution in [0, 0.1) is 13.8 Å². The number of carbonyl (C=O) groups is 1. The Morgan fingerprint density at radius 3 is 2.18 bits per heavy atom. The normalized spacial score (nSPS) is 12.6. The minimum atomic E-state index is -3.93. The van der Waals surface area contributed by atoms with E-state index in [0.717, 1.165) is 16.1 Å². The average Bonchev–Trinajstić information content (AvgIpc) is 2.76. The molecular formula is C22H25N5O5S2. The number of aromatic nitrogens is 2. The molecule has 1 aromatic heterocycles. The largest absolute Gasteiger partial charge is 0.324 e. The van der Waals surface area contributed by atoms with E-state index in [1.165, 1.54) is 43.6 Å². The third-order valence-electron chi connectivity index (χ3n) is 4.91. The third-order valence-corrected chi connectivity index (χ3v) is 7.49. The van der Waals surface area contributed by atoms with E-state index in [1.807, 2.05) is 13.0 Å². The Morgan fingerprint density at radius 1 is 0.971 bits per heavy atom. The molecular weight excluding hydrogens is 478 g/mol. The monoisotopic (exact) mass is 503 g/mol. The van der Waals surface area contributed by atoms with Crippen molar-refractivity contribution in [2.75, 3.05) is 20.6 Å². The molecule has 0 radical (unpaired) electrons. The van der Waals surface area contributed by atoms with Gasteiger partial charge in [0.1, 0.15) is 6.04 Å². The number of amides is 1. The minimum Gasteiger partial charge on any atom is -0.324 e. The van der Waals surface area contributed by atoms with E-state index in [4.69, 9.17) is 0 Å². The van der Waals surface area contributed by atoms with Crippen molar-refractivity contribution in [3.05, 3.63) is 72.1 Å². The van der Waals surface area contributed by atoms with Crippen LogP contribution in [-0.4, -0.2) is 45.0 Å². The number of sulfonamides is 2. The molecule has 1 amide bonds. The van der Waals surface area contributed by atoms with Crippen LogP contribution in [0.1, 0.15) is 18.1 Å². The molecule has 3 aromatic rings. The summed E-state index contributed by atoms with van der Waals surface area (Å²) in [7, 11) is -7.70. The Labute approximate surface area is 199 Å². The van der Waals surface area contributed by atoms with E-state index in [1.54, 1.807) is 25.1 Å². The zero-order chi connectivity index (χ0) is 25.1. The highest BCUT2D eigenvalue weighted by Crippen LogP contribution is 2.27. The summed E-state index contributed by atoms with van der Waals surface area (Å²) in [6.07, 6.45) is 3.85. The molecule has 0 aliphatic rings. The lowest BCUT2D eigenvalue weighted by molar-refractivity contribution is -0.116. The van der Waals surface area contributed by atoms with Gasteiger partial charge in [-0.05, 0) is 68.3 Å². The SMILES string of the molecule is Cc1ccc(C)c(N([C@H](C)C(=O)Nc2ccc(S(=O)(=O)Nc3ncccn3)cc2)S(C)(=O)=O)c1. The number of benzene rings is 2. The lowest BCUT2D eigenvalue weighted by Crippen LogP contribution is -2.45. The van der Waals surface area contributed by atoms with E-state index in [9.17, 15) is 21.6 Å². The second-order valence-electron chi connectivity index (χ2n) is 7.72. The quantitative estimate of drug-likeness (QED) is 0.482. The van der Waals surface area contributed by atoms with Crippen molar-refractivity contribution in [1.29, 1.82) is 0 Å². The molecule has 34 heavy (non-hydrogen) atoms. The Hall–Kier alpha value is -3.51. The third kappa shape index (κ3) is 5.88. The molecule has 0 saturated heterocycles. The summed E-state index contributed by atoms with van der Waals surface area (Å²) in [5.74, 6) is -0.640. The summed E-state index contributed by atoms with van der Waals surface area (Å²) >= 11 is 0. The van der Waals surface area contributed by atoms with E-state index in [-0.39, 0.29) is 10.8 Å². The molecule has 0 spiro atoms. The van der Waals surface area contributed by atoms with E-state index >= 15 is 0 Å². The second-order valence-corrected chi connectivity index (χ2v) is 11.3. The smallest absolute Gasteiger partial charge is 0.264 e. The van der Waals surface area contributed by atoms with Crippen LogP contribution >= 0.6 is 0 Å². The van der Waals surface area contributed by atoms with Crippen LogP contribution in [0.3, 0.4) is 0 Å². The van der Waals surface area contributed by atoms with E-state index in [0.29, 0.717) is 16.9 Å². The van der Waals surface area contributed by atoms with Gasteiger partial charge < -0.3 is 5.32 Å². The standard InChI is InChI=1S/C22H25N5O5S2/c1-15-6-7-16(2)20(14-15)27(33(4,29)30)17(3)21(28)25-18-8-10-19(11-9-18)34(31,32)26-22-23-12-5-13-24-22/h5-14,17H,1-4H3,(H,25,28)(H,23,24,26)/t17-/m1/s1. The van der Waals surface area contributed by atoms with Crippen molar-refractivity contribution in [2.45, 2.75) is 31.7 Å². The minimum absolute atomic E-state index is 0.0563. The van der Waals surface area contributed by atoms with Gasteiger partial charge in [0.05, 0.1) is 16.8 Å². The highest BCUT2D eigenvalue weighted by molar-refractivity contribution is 7.92. The van der Waals surface area contributed by atoms with Crippen molar-refractivity contribution >= 4 is 43.3 Å². The molecule has 12 heteroatoms. The maximum Gasteiger partial charge on any atom is 0.264 e. The van der Waals surface area contributed by atoms with Gasteiger partial charge in [0.2, 0.25) is 21.9 Å². The van der Waals surface area contributed by atoms with Crippen molar-refractivity contribution in [3.63, 3.8) is 0 Å². The van der Waals surface area contributed by atoms with Crippen LogP contribution in [0.4, 0.5) is 17.3 Å². The van der Waals surface area contributed by atoms with Gasteiger partial charge in [-0.3, -0.25) is 9.10 Å². The number of hydrogen-bond donors (Lipinski definition) is 2. The molecule has 0 unspecified atom stereocenters. The molecule has 0 fully saturated rings. The first-order chi connectivity index (χ1) is 15.9. The molecule has 2 N–H and O–H groups in total. The molecule has 180 valence electrons. The highest BCUT2D eigenvalue weighted by Gasteiger charge is 2.30. The Morgan fingerprint density at radius 2 is 1.59 bits per heavy atom. The van der Waals surface area contributed by atoms with Gasteiger partial charge in [-0.2, -0.15) is 0 Å². The number of aryl methyl sites for hydroxylation is 2. The summed E-state index contributed by atoms with van der Waals surface area (Å²) in [5, 5.41) is 2.64. The summed E-state index contributed by atoms with van der Waals surface area (Å²) in [6, 6.07) is 11.3. The van der Waals surface area contributed by atoms with Crippen molar-refractivity contribution in [2.24, 2.45) is 0 Å². The number of carbonyl (C=O) groups excluding carboxylic acids is 1. The van der Waals surface area contributed by atoms with Gasteiger partial charge in [-0.25, -0.2) is 31.5 Å². The summed E-state index contributed by atoms with van der Waals surface area (Å²) in [6.45, 7) is 5.09. The fraction of sp³-hybridized carbons (Fsp3) is 0.227. The van der Waals surface area contributed by atoms with Crippen LogP contribution in [0.15, 0.2) is 65.8 Å². The van der Waals surface area contributed by atoms with Gasteiger partial charge in [-0.1, -0.05) is 12.1 Å². The molecule has 1 heterocycles. The van der Waals surface area contributed by atoms with Gasteiger partial charge in [0.25, 0.3) is 10.0 Å². The maximum absolute atomic E-state index is 12.9. The van der Waals surface area contributed by atoms with Crippen molar-refractivity contribution in [1.82, 2.24) is 9.97 Å². The van der Waals surface area contributed by atoms with Crippen molar-refractivity contribution < 1.29 is 21.6 Å². The van der Waals surface area contributed by atoms with Crippen LogP contribution in [0.25, 0.3) is 0 Å². The molecule has 3 rings (SSSR count). The fourth-order valence-corrected chi connectivity index (χ4v) is 5.42. The number of nitrogens with one attached hydrogen (secondary N) is 2. The van der Waals surface area contributed by atoms with Gasteiger partial charge >= 0.3 is 0 Å². The van der Waals surface area contributed by atoms with Gasteiger partial charge in [0, 0.05) is 18.1 Å². The van der Waals surface area contributed by atoms with Crippen LogP contribution in [0.2, 0.25) is 0 Å². The van der Waals surface area contributed by atoms with E-state index < -0.39 is 32.0 Å². The average molecular weight is 504 g/mol. The molecule has 2 aromatic carbocycles. The van der Waals surface area contributed by atoms with Crippen LogP contribution in [-0.2, 0) is 24.8 Å². The lowest BCUT2D eigenvalue weighted by atomic mass is 10.1. The number of nitrogens with zero attached hydrogens (tertiary/aromatic N) is 3. The Kier molecular flexibility index (Phi) is 7.22. The van der Waals surface area contributed by atoms with Crippen LogP contribution < -0.4 is 14.3 Å².